The standard InChI is InChI=1S/C18H27N3O4/c1-12-9-15(24-4)5-6-16(12)20-18(23)17(22)19-7-8-21-10-13(2)25-14(3)11-21/h5-6,9,13-14H,7-8,10-11H2,1-4H3,(H,19,22)(H,20,23)/t13-,14-/m0/s1. The van der Waals surface area contributed by atoms with E-state index < -0.39 is 11.8 Å². The number of nitrogens with one attached hydrogen (secondary N) is 2. The number of carbonyl (C=O) groups excluding carboxylic acids is 2. The maximum Gasteiger partial charge on any atom is 0.313 e. The highest BCUT2D eigenvalue weighted by atomic mass is 16.5. The van der Waals surface area contributed by atoms with Gasteiger partial charge in [-0.25, -0.2) is 0 Å². The van der Waals surface area contributed by atoms with E-state index in [1.807, 2.05) is 20.8 Å². The summed E-state index contributed by atoms with van der Waals surface area (Å²) in [5.41, 5.74) is 1.42. The van der Waals surface area contributed by atoms with Crippen LogP contribution in [0, 0.1) is 6.92 Å². The number of aryl methyl sites for hydroxylation is 1. The fraction of sp³-hybridized carbons (Fsp3) is 0.556. The monoisotopic (exact) mass is 349 g/mol. The number of benzene rings is 1. The van der Waals surface area contributed by atoms with Crippen LogP contribution in [0.5, 0.6) is 5.75 Å². The molecule has 1 heterocycles. The van der Waals surface area contributed by atoms with E-state index in [4.69, 9.17) is 9.47 Å². The summed E-state index contributed by atoms with van der Waals surface area (Å²) in [6, 6.07) is 5.26. The fourth-order valence-electron chi connectivity index (χ4n) is 2.96. The number of carbonyl (C=O) groups is 2. The molecule has 1 saturated heterocycles. The molecular weight excluding hydrogens is 322 g/mol. The van der Waals surface area contributed by atoms with Gasteiger partial charge in [-0.15, -0.1) is 0 Å². The topological polar surface area (TPSA) is 79.9 Å². The first kappa shape index (κ1) is 19.2. The van der Waals surface area contributed by atoms with Crippen molar-refractivity contribution in [1.82, 2.24) is 10.2 Å². The molecule has 2 N–H and O–H groups in total. The van der Waals surface area contributed by atoms with Gasteiger partial charge in [0, 0.05) is 31.9 Å². The first-order chi connectivity index (χ1) is 11.9. The quantitative estimate of drug-likeness (QED) is 0.780. The van der Waals surface area contributed by atoms with Gasteiger partial charge in [-0.2, -0.15) is 0 Å². The van der Waals surface area contributed by atoms with Crippen molar-refractivity contribution in [3.63, 3.8) is 0 Å². The second kappa shape index (κ2) is 8.82. The van der Waals surface area contributed by atoms with Crippen molar-refractivity contribution >= 4 is 17.5 Å². The highest BCUT2D eigenvalue weighted by Crippen LogP contribution is 2.20. The van der Waals surface area contributed by atoms with Crippen LogP contribution in [0.25, 0.3) is 0 Å². The van der Waals surface area contributed by atoms with Gasteiger partial charge < -0.3 is 20.1 Å². The van der Waals surface area contributed by atoms with E-state index in [1.165, 1.54) is 0 Å². The van der Waals surface area contributed by atoms with E-state index >= 15 is 0 Å². The minimum Gasteiger partial charge on any atom is -0.497 e. The van der Waals surface area contributed by atoms with E-state index in [2.05, 4.69) is 15.5 Å². The Kier molecular flexibility index (Phi) is 6.78. The van der Waals surface area contributed by atoms with Gasteiger partial charge in [0.25, 0.3) is 0 Å². The van der Waals surface area contributed by atoms with Crippen molar-refractivity contribution in [1.29, 1.82) is 0 Å². The number of morpholine rings is 1. The number of rotatable bonds is 5. The SMILES string of the molecule is COc1ccc(NC(=O)C(=O)NCCN2C[C@H](C)O[C@@H](C)C2)c(C)c1. The molecule has 1 aromatic rings. The average molecular weight is 349 g/mol. The van der Waals surface area contributed by atoms with Crippen LogP contribution < -0.4 is 15.4 Å². The summed E-state index contributed by atoms with van der Waals surface area (Å²) >= 11 is 0. The van der Waals surface area contributed by atoms with E-state index in [1.54, 1.807) is 25.3 Å². The second-order valence-corrected chi connectivity index (χ2v) is 6.41. The Labute approximate surface area is 148 Å². The lowest BCUT2D eigenvalue weighted by atomic mass is 10.2. The van der Waals surface area contributed by atoms with E-state index in [9.17, 15) is 9.59 Å². The van der Waals surface area contributed by atoms with Crippen molar-refractivity contribution in [2.45, 2.75) is 33.0 Å². The Balaban J connectivity index is 1.78. The summed E-state index contributed by atoms with van der Waals surface area (Å²) in [7, 11) is 1.58. The van der Waals surface area contributed by atoms with Crippen molar-refractivity contribution in [2.24, 2.45) is 0 Å². The lowest BCUT2D eigenvalue weighted by Gasteiger charge is -2.35. The molecule has 138 valence electrons. The maximum atomic E-state index is 12.0. The van der Waals surface area contributed by atoms with Gasteiger partial charge in [0.1, 0.15) is 5.75 Å². The molecule has 7 nitrogen and oxygen atoms in total. The van der Waals surface area contributed by atoms with E-state index in [0.717, 1.165) is 18.7 Å². The highest BCUT2D eigenvalue weighted by molar-refractivity contribution is 6.39. The smallest absolute Gasteiger partial charge is 0.313 e. The molecule has 1 aliphatic heterocycles. The summed E-state index contributed by atoms with van der Waals surface area (Å²) in [5.74, 6) is -0.601. The number of methoxy groups -OCH3 is 1. The molecule has 0 aromatic heterocycles. The molecule has 0 saturated carbocycles. The van der Waals surface area contributed by atoms with Crippen LogP contribution >= 0.6 is 0 Å². The van der Waals surface area contributed by atoms with Gasteiger partial charge in [0.15, 0.2) is 0 Å². The Morgan fingerprint density at radius 3 is 2.52 bits per heavy atom. The molecule has 7 heteroatoms. The normalized spacial score (nSPS) is 20.8. The number of amides is 2. The molecule has 25 heavy (non-hydrogen) atoms. The van der Waals surface area contributed by atoms with Crippen LogP contribution in [0.15, 0.2) is 18.2 Å². The summed E-state index contributed by atoms with van der Waals surface area (Å²) in [6.07, 6.45) is 0.363. The largest absolute Gasteiger partial charge is 0.497 e. The van der Waals surface area contributed by atoms with Gasteiger partial charge in [0.05, 0.1) is 19.3 Å². The fourth-order valence-corrected chi connectivity index (χ4v) is 2.96. The molecule has 0 unspecified atom stereocenters. The lowest BCUT2D eigenvalue weighted by molar-refractivity contribution is -0.136. The zero-order valence-electron chi connectivity index (χ0n) is 15.3. The summed E-state index contributed by atoms with van der Waals surface area (Å²) in [5, 5.41) is 5.29. The predicted molar refractivity (Wildman–Crippen MR) is 95.8 cm³/mol. The van der Waals surface area contributed by atoms with Crippen LogP contribution in [-0.2, 0) is 14.3 Å². The molecule has 0 radical (unpaired) electrons. The Morgan fingerprint density at radius 2 is 1.92 bits per heavy atom. The van der Waals surface area contributed by atoms with Crippen molar-refractivity contribution in [3.05, 3.63) is 23.8 Å². The van der Waals surface area contributed by atoms with Crippen molar-refractivity contribution in [3.8, 4) is 5.75 Å². The summed E-state index contributed by atoms with van der Waals surface area (Å²) in [4.78, 5) is 26.2. The third-order valence-corrected chi connectivity index (χ3v) is 4.10. The number of anilines is 1. The van der Waals surface area contributed by atoms with Crippen LogP contribution in [0.4, 0.5) is 5.69 Å². The van der Waals surface area contributed by atoms with E-state index in [0.29, 0.717) is 24.5 Å². The third-order valence-electron chi connectivity index (χ3n) is 4.10. The highest BCUT2D eigenvalue weighted by Gasteiger charge is 2.22. The van der Waals surface area contributed by atoms with Crippen LogP contribution in [-0.4, -0.2) is 62.2 Å². The van der Waals surface area contributed by atoms with Gasteiger partial charge in [0.2, 0.25) is 0 Å². The zero-order valence-corrected chi connectivity index (χ0v) is 15.3. The number of nitrogens with zero attached hydrogens (tertiary/aromatic N) is 1. The molecule has 0 spiro atoms. The van der Waals surface area contributed by atoms with Crippen LogP contribution in [0.1, 0.15) is 19.4 Å². The molecule has 1 aromatic carbocycles. The van der Waals surface area contributed by atoms with Gasteiger partial charge >= 0.3 is 11.8 Å². The molecule has 0 aliphatic carbocycles. The average Bonchev–Trinajstić information content (AvgIpc) is 2.55. The molecule has 0 bridgehead atoms. The van der Waals surface area contributed by atoms with Crippen LogP contribution in [0.3, 0.4) is 0 Å². The number of hydrogen-bond acceptors (Lipinski definition) is 5. The number of hydrogen-bond donors (Lipinski definition) is 2. The zero-order chi connectivity index (χ0) is 18.4. The Hall–Kier alpha value is -2.12. The number of ether oxygens (including phenoxy) is 2. The Bertz CT molecular complexity index is 610. The maximum absolute atomic E-state index is 12.0. The first-order valence-corrected chi connectivity index (χ1v) is 8.50. The molecule has 1 aliphatic rings. The third kappa shape index (κ3) is 5.72. The second-order valence-electron chi connectivity index (χ2n) is 6.41. The van der Waals surface area contributed by atoms with Gasteiger partial charge in [-0.3, -0.25) is 14.5 Å². The Morgan fingerprint density at radius 1 is 1.24 bits per heavy atom. The first-order valence-electron chi connectivity index (χ1n) is 8.50. The minimum absolute atomic E-state index is 0.181. The molecule has 2 amide bonds. The molecule has 2 rings (SSSR count). The minimum atomic E-state index is -0.669. The predicted octanol–water partition coefficient (Wildman–Crippen LogP) is 1.17. The summed E-state index contributed by atoms with van der Waals surface area (Å²) in [6.45, 7) is 8.69. The van der Waals surface area contributed by atoms with E-state index in [-0.39, 0.29) is 12.2 Å². The lowest BCUT2D eigenvalue weighted by Crippen LogP contribution is -2.48. The van der Waals surface area contributed by atoms with Gasteiger partial charge in [-0.1, -0.05) is 0 Å². The summed E-state index contributed by atoms with van der Waals surface area (Å²) < 4.78 is 10.8. The molecule has 1 fully saturated rings. The van der Waals surface area contributed by atoms with Crippen molar-refractivity contribution < 1.29 is 19.1 Å². The van der Waals surface area contributed by atoms with Gasteiger partial charge in [-0.05, 0) is 44.5 Å². The van der Waals surface area contributed by atoms with Crippen LogP contribution in [0.2, 0.25) is 0 Å². The molecule has 2 atom stereocenters. The van der Waals surface area contributed by atoms with Crippen molar-refractivity contribution in [2.75, 3.05) is 38.6 Å². The molecular formula is C18H27N3O4.